The van der Waals surface area contributed by atoms with Gasteiger partial charge in [-0.2, -0.15) is 0 Å². The third kappa shape index (κ3) is 11.4. The molecular formula is C45H68O4Si2. The highest BCUT2D eigenvalue weighted by Crippen LogP contribution is 2.41. The van der Waals surface area contributed by atoms with E-state index in [1.807, 2.05) is 18.2 Å². The van der Waals surface area contributed by atoms with E-state index in [2.05, 4.69) is 167 Å². The second-order valence-corrected chi connectivity index (χ2v) is 26.1. The summed E-state index contributed by atoms with van der Waals surface area (Å²) in [6.07, 6.45) is 8.05. The van der Waals surface area contributed by atoms with Gasteiger partial charge in [0.2, 0.25) is 0 Å². The van der Waals surface area contributed by atoms with Crippen molar-refractivity contribution in [3.05, 3.63) is 115 Å². The highest BCUT2D eigenvalue weighted by Gasteiger charge is 2.50. The molecule has 280 valence electrons. The van der Waals surface area contributed by atoms with E-state index < -0.39 is 16.6 Å². The van der Waals surface area contributed by atoms with Crippen LogP contribution in [0.15, 0.2) is 110 Å². The number of hydrogen-bond donors (Lipinski definition) is 0. The molecule has 0 radical (unpaired) electrons. The van der Waals surface area contributed by atoms with Crippen molar-refractivity contribution >= 4 is 27.0 Å². The number of ether oxygens (including phenoxy) is 2. The lowest BCUT2D eigenvalue weighted by molar-refractivity contribution is -0.0498. The predicted octanol–water partition coefficient (Wildman–Crippen LogP) is 11.0. The minimum atomic E-state index is -2.62. The van der Waals surface area contributed by atoms with Crippen LogP contribution in [-0.2, 0) is 20.2 Å². The quantitative estimate of drug-likeness (QED) is 0.0910. The monoisotopic (exact) mass is 728 g/mol. The van der Waals surface area contributed by atoms with Gasteiger partial charge in [0.1, 0.15) is 5.75 Å². The van der Waals surface area contributed by atoms with Gasteiger partial charge in [-0.25, -0.2) is 0 Å². The second-order valence-electron chi connectivity index (χ2n) is 17.0. The number of rotatable bonds is 19. The Morgan fingerprint density at radius 2 is 1.29 bits per heavy atom. The fourth-order valence-electron chi connectivity index (χ4n) is 6.77. The molecule has 3 rings (SSSR count). The van der Waals surface area contributed by atoms with Gasteiger partial charge in [-0.3, -0.25) is 0 Å². The molecule has 3 aromatic carbocycles. The smallest absolute Gasteiger partial charge is 0.261 e. The summed E-state index contributed by atoms with van der Waals surface area (Å²) in [5, 5.41) is 2.67. The van der Waals surface area contributed by atoms with Crippen LogP contribution in [0.25, 0.3) is 0 Å². The maximum absolute atomic E-state index is 7.35. The first kappa shape index (κ1) is 42.7. The van der Waals surface area contributed by atoms with Gasteiger partial charge in [-0.15, -0.1) is 0 Å². The topological polar surface area (TPSA) is 36.9 Å². The largest absolute Gasteiger partial charge is 0.497 e. The highest BCUT2D eigenvalue weighted by atomic mass is 28.4. The molecule has 51 heavy (non-hydrogen) atoms. The number of benzene rings is 3. The van der Waals surface area contributed by atoms with Crippen molar-refractivity contribution in [1.82, 2.24) is 0 Å². The number of methoxy groups -OCH3 is 1. The molecule has 0 aromatic heterocycles. The fourth-order valence-corrected chi connectivity index (χ4v) is 12.9. The third-order valence-corrected chi connectivity index (χ3v) is 20.5. The standard InChI is InChI=1S/C45H68O4Si2/c1-14-15-22-36(3)43(49-50(12,13)44(5,6)7)37(4)42(47-34-38-28-30-39(46-11)31-29-38)32-27-35(2)33-48-51(45(8,9)10,40-23-18-16-19-24-40)41-25-20-17-21-26-41/h14-26,28-31,35-37,42-43H,1,27,32-34H2,2-13H3/b22-15-/t35-,36-,37-,42+,43-/m0/s1. The molecular weight excluding hydrogens is 661 g/mol. The summed E-state index contributed by atoms with van der Waals surface area (Å²) in [5.41, 5.74) is 1.14. The Kier molecular flexibility index (Phi) is 15.8. The Morgan fingerprint density at radius 3 is 1.76 bits per heavy atom. The Balaban J connectivity index is 1.91. The molecule has 0 bridgehead atoms. The molecule has 0 heterocycles. The Bertz CT molecular complexity index is 1430. The minimum absolute atomic E-state index is 0.00299. The van der Waals surface area contributed by atoms with Crippen LogP contribution in [-0.4, -0.2) is 42.6 Å². The first-order valence-electron chi connectivity index (χ1n) is 18.9. The van der Waals surface area contributed by atoms with Gasteiger partial charge in [0.25, 0.3) is 8.32 Å². The fraction of sp³-hybridized carbons (Fsp3) is 0.511. The van der Waals surface area contributed by atoms with Crippen LogP contribution in [0, 0.1) is 17.8 Å². The molecule has 0 aliphatic heterocycles. The molecule has 0 N–H and O–H groups in total. The lowest BCUT2D eigenvalue weighted by Gasteiger charge is -2.44. The van der Waals surface area contributed by atoms with Crippen molar-refractivity contribution in [3.63, 3.8) is 0 Å². The van der Waals surface area contributed by atoms with Gasteiger partial charge >= 0.3 is 0 Å². The van der Waals surface area contributed by atoms with Crippen LogP contribution in [0.1, 0.15) is 80.7 Å². The normalized spacial score (nSPS) is 16.0. The Morgan fingerprint density at radius 1 is 0.745 bits per heavy atom. The molecule has 0 amide bonds. The minimum Gasteiger partial charge on any atom is -0.497 e. The zero-order chi connectivity index (χ0) is 37.9. The molecule has 0 spiro atoms. The van der Waals surface area contributed by atoms with Crippen LogP contribution in [0.4, 0.5) is 0 Å². The van der Waals surface area contributed by atoms with Crippen molar-refractivity contribution in [3.8, 4) is 5.75 Å². The van der Waals surface area contributed by atoms with Crippen molar-refractivity contribution < 1.29 is 18.3 Å². The van der Waals surface area contributed by atoms with Gasteiger partial charge in [0.15, 0.2) is 8.32 Å². The van der Waals surface area contributed by atoms with Crippen molar-refractivity contribution in [2.24, 2.45) is 17.8 Å². The van der Waals surface area contributed by atoms with E-state index in [9.17, 15) is 0 Å². The van der Waals surface area contributed by atoms with Gasteiger partial charge < -0.3 is 18.3 Å². The summed E-state index contributed by atoms with van der Waals surface area (Å²) in [5.74, 6) is 1.55. The lowest BCUT2D eigenvalue weighted by atomic mass is 9.86. The van der Waals surface area contributed by atoms with Crippen LogP contribution in [0.5, 0.6) is 5.75 Å². The van der Waals surface area contributed by atoms with E-state index in [1.54, 1.807) is 7.11 Å². The molecule has 4 nitrogen and oxygen atoms in total. The maximum atomic E-state index is 7.35. The molecule has 6 heteroatoms. The summed E-state index contributed by atoms with van der Waals surface area (Å²) < 4.78 is 26.9. The van der Waals surface area contributed by atoms with Crippen molar-refractivity contribution in [2.45, 2.75) is 117 Å². The van der Waals surface area contributed by atoms with E-state index in [1.165, 1.54) is 10.4 Å². The third-order valence-electron chi connectivity index (χ3n) is 11.0. The van der Waals surface area contributed by atoms with E-state index in [-0.39, 0.29) is 34.1 Å². The number of allylic oxidation sites excluding steroid dienone is 2. The van der Waals surface area contributed by atoms with Crippen LogP contribution in [0.3, 0.4) is 0 Å². The molecule has 0 saturated heterocycles. The zero-order valence-electron chi connectivity index (χ0n) is 33.9. The molecule has 0 aliphatic rings. The van der Waals surface area contributed by atoms with Gasteiger partial charge in [-0.1, -0.05) is 160 Å². The molecule has 3 aromatic rings. The van der Waals surface area contributed by atoms with Crippen LogP contribution >= 0.6 is 0 Å². The van der Waals surface area contributed by atoms with Gasteiger partial charge in [-0.05, 0) is 75.9 Å². The molecule has 0 aliphatic carbocycles. The molecule has 5 atom stereocenters. The number of hydrogen-bond acceptors (Lipinski definition) is 4. The van der Waals surface area contributed by atoms with Gasteiger partial charge in [0, 0.05) is 12.5 Å². The SMILES string of the molecule is C=C/C=C\[C@H](C)[C@H](O[Si](C)(C)C(C)(C)C)[C@@H](C)[C@@H](CC[C@H](C)CO[Si](c1ccccc1)(c1ccccc1)C(C)(C)C)OCc1ccc(OC)cc1. The van der Waals surface area contributed by atoms with E-state index >= 15 is 0 Å². The predicted molar refractivity (Wildman–Crippen MR) is 223 cm³/mol. The Labute approximate surface area is 313 Å². The van der Waals surface area contributed by atoms with Crippen LogP contribution < -0.4 is 15.1 Å². The molecule has 0 fully saturated rings. The summed E-state index contributed by atoms with van der Waals surface area (Å²) >= 11 is 0. The second kappa shape index (κ2) is 18.8. The highest BCUT2D eigenvalue weighted by molar-refractivity contribution is 6.99. The van der Waals surface area contributed by atoms with E-state index in [4.69, 9.17) is 18.3 Å². The zero-order valence-corrected chi connectivity index (χ0v) is 35.9. The summed E-state index contributed by atoms with van der Waals surface area (Å²) in [4.78, 5) is 0. The molecule has 0 unspecified atom stereocenters. The first-order valence-corrected chi connectivity index (χ1v) is 23.7. The molecule has 0 saturated carbocycles. The average Bonchev–Trinajstić information content (AvgIpc) is 3.09. The average molecular weight is 729 g/mol. The summed E-state index contributed by atoms with van der Waals surface area (Å²) in [6, 6.07) is 30.1. The van der Waals surface area contributed by atoms with E-state index in [0.717, 1.165) is 24.2 Å². The van der Waals surface area contributed by atoms with Crippen molar-refractivity contribution in [1.29, 1.82) is 0 Å². The lowest BCUT2D eigenvalue weighted by Crippen LogP contribution is -2.66. The summed E-state index contributed by atoms with van der Waals surface area (Å²) in [7, 11) is -3.00. The summed E-state index contributed by atoms with van der Waals surface area (Å²) in [6.45, 7) is 30.8. The van der Waals surface area contributed by atoms with Gasteiger partial charge in [0.05, 0.1) is 25.9 Å². The van der Waals surface area contributed by atoms with Crippen LogP contribution in [0.2, 0.25) is 23.2 Å². The maximum Gasteiger partial charge on any atom is 0.261 e. The van der Waals surface area contributed by atoms with Crippen molar-refractivity contribution in [2.75, 3.05) is 13.7 Å². The first-order chi connectivity index (χ1) is 24.0. The van der Waals surface area contributed by atoms with E-state index in [0.29, 0.717) is 19.1 Å². The Hall–Kier alpha value is -2.75.